The van der Waals surface area contributed by atoms with Crippen LogP contribution in [0.1, 0.15) is 5.01 Å². The van der Waals surface area contributed by atoms with Gasteiger partial charge in [0.15, 0.2) is 0 Å². The molecule has 1 aliphatic rings. The number of rotatable bonds is 2. The Bertz CT molecular complexity index is 711. The summed E-state index contributed by atoms with van der Waals surface area (Å²) in [4.78, 5) is 10.4. The Balaban J connectivity index is 1.92. The molecule has 1 aromatic heterocycles. The summed E-state index contributed by atoms with van der Waals surface area (Å²) in [6.45, 7) is 0.381. The fourth-order valence-electron chi connectivity index (χ4n) is 1.88. The van der Waals surface area contributed by atoms with Crippen molar-refractivity contribution in [2.24, 2.45) is 4.99 Å². The van der Waals surface area contributed by atoms with Crippen molar-refractivity contribution in [2.45, 2.75) is 0 Å². The van der Waals surface area contributed by atoms with Gasteiger partial charge in [0.1, 0.15) is 29.3 Å². The number of nitriles is 1. The molecule has 0 N–H and O–H groups in total. The SMILES string of the molecule is N#CC1=CN(c2ccc(F)cc2)CN=C1c1nccs1. The molecule has 0 saturated carbocycles. The molecule has 0 spiro atoms. The maximum atomic E-state index is 12.9. The third-order valence-corrected chi connectivity index (χ3v) is 3.61. The molecule has 3 rings (SSSR count). The van der Waals surface area contributed by atoms with Crippen LogP contribution in [0, 0.1) is 17.1 Å². The minimum Gasteiger partial charge on any atom is -0.327 e. The van der Waals surface area contributed by atoms with Crippen LogP contribution in [-0.4, -0.2) is 17.4 Å². The van der Waals surface area contributed by atoms with E-state index in [-0.39, 0.29) is 5.82 Å². The molecule has 6 heteroatoms. The van der Waals surface area contributed by atoms with Crippen LogP contribution in [0.15, 0.2) is 52.6 Å². The zero-order valence-corrected chi connectivity index (χ0v) is 11.1. The predicted molar refractivity (Wildman–Crippen MR) is 76.1 cm³/mol. The summed E-state index contributed by atoms with van der Waals surface area (Å²) < 4.78 is 12.9. The highest BCUT2D eigenvalue weighted by atomic mass is 32.1. The highest BCUT2D eigenvalue weighted by Crippen LogP contribution is 2.22. The molecule has 0 radical (unpaired) electrons. The van der Waals surface area contributed by atoms with Crippen molar-refractivity contribution in [2.75, 3.05) is 11.6 Å². The first kappa shape index (κ1) is 12.5. The predicted octanol–water partition coefficient (Wildman–Crippen LogP) is 2.96. The minimum atomic E-state index is -0.290. The van der Waals surface area contributed by atoms with Gasteiger partial charge in [-0.2, -0.15) is 5.26 Å². The van der Waals surface area contributed by atoms with Gasteiger partial charge in [-0.15, -0.1) is 11.3 Å². The van der Waals surface area contributed by atoms with E-state index in [1.807, 2.05) is 5.38 Å². The van der Waals surface area contributed by atoms with E-state index in [0.29, 0.717) is 18.0 Å². The van der Waals surface area contributed by atoms with Gasteiger partial charge >= 0.3 is 0 Å². The average Bonchev–Trinajstić information content (AvgIpc) is 3.01. The number of allylic oxidation sites excluding steroid dienone is 1. The Labute approximate surface area is 119 Å². The van der Waals surface area contributed by atoms with Gasteiger partial charge in [0.2, 0.25) is 0 Å². The van der Waals surface area contributed by atoms with Crippen molar-refractivity contribution in [3.8, 4) is 6.07 Å². The van der Waals surface area contributed by atoms with Crippen molar-refractivity contribution in [3.63, 3.8) is 0 Å². The van der Waals surface area contributed by atoms with Crippen LogP contribution >= 0.6 is 11.3 Å². The molecule has 2 heterocycles. The van der Waals surface area contributed by atoms with Gasteiger partial charge in [-0.25, -0.2) is 9.37 Å². The molecule has 0 aliphatic carbocycles. The Kier molecular flexibility index (Phi) is 3.27. The normalized spacial score (nSPS) is 14.5. The smallest absolute Gasteiger partial charge is 0.142 e. The van der Waals surface area contributed by atoms with Crippen molar-refractivity contribution >= 4 is 22.7 Å². The first-order valence-corrected chi connectivity index (χ1v) is 6.75. The Morgan fingerprint density at radius 2 is 2.10 bits per heavy atom. The number of aliphatic imine (C=N–C) groups is 1. The van der Waals surface area contributed by atoms with Crippen LogP contribution < -0.4 is 4.90 Å². The van der Waals surface area contributed by atoms with Crippen LogP contribution in [0.2, 0.25) is 0 Å². The molecule has 0 bridgehead atoms. The molecule has 0 fully saturated rings. The van der Waals surface area contributed by atoms with Gasteiger partial charge in [0, 0.05) is 23.5 Å². The number of hydrogen-bond acceptors (Lipinski definition) is 5. The van der Waals surface area contributed by atoms with E-state index in [4.69, 9.17) is 0 Å². The number of nitrogens with zero attached hydrogens (tertiary/aromatic N) is 4. The minimum absolute atomic E-state index is 0.290. The van der Waals surface area contributed by atoms with E-state index >= 15 is 0 Å². The lowest BCUT2D eigenvalue weighted by Crippen LogP contribution is -2.24. The summed E-state index contributed by atoms with van der Waals surface area (Å²) in [6.07, 6.45) is 3.40. The van der Waals surface area contributed by atoms with Gasteiger partial charge in [0.05, 0.1) is 5.57 Å². The number of hydrogen-bond donors (Lipinski definition) is 0. The number of aromatic nitrogens is 1. The summed E-state index contributed by atoms with van der Waals surface area (Å²) >= 11 is 1.45. The molecular weight excluding hydrogens is 275 g/mol. The molecule has 0 amide bonds. The second kappa shape index (κ2) is 5.23. The highest BCUT2D eigenvalue weighted by Gasteiger charge is 2.19. The molecule has 0 unspecified atom stereocenters. The fourth-order valence-corrected chi connectivity index (χ4v) is 2.54. The maximum Gasteiger partial charge on any atom is 0.142 e. The first-order chi connectivity index (χ1) is 9.78. The van der Waals surface area contributed by atoms with E-state index in [9.17, 15) is 9.65 Å². The molecule has 98 valence electrons. The Morgan fingerprint density at radius 3 is 2.75 bits per heavy atom. The van der Waals surface area contributed by atoms with Crippen LogP contribution in [0.25, 0.3) is 0 Å². The highest BCUT2D eigenvalue weighted by molar-refractivity contribution is 7.11. The molecule has 20 heavy (non-hydrogen) atoms. The summed E-state index contributed by atoms with van der Waals surface area (Å²) in [5, 5.41) is 11.8. The molecule has 2 aromatic rings. The average molecular weight is 284 g/mol. The van der Waals surface area contributed by atoms with Gasteiger partial charge in [-0.05, 0) is 24.3 Å². The second-order valence-electron chi connectivity index (χ2n) is 4.09. The van der Waals surface area contributed by atoms with Gasteiger partial charge in [-0.3, -0.25) is 4.99 Å². The van der Waals surface area contributed by atoms with Gasteiger partial charge < -0.3 is 4.90 Å². The topological polar surface area (TPSA) is 52.3 Å². The maximum absolute atomic E-state index is 12.9. The van der Waals surface area contributed by atoms with Crippen molar-refractivity contribution < 1.29 is 4.39 Å². The zero-order valence-electron chi connectivity index (χ0n) is 10.3. The molecular formula is C14H9FN4S. The lowest BCUT2D eigenvalue weighted by Gasteiger charge is -2.23. The van der Waals surface area contributed by atoms with Crippen molar-refractivity contribution in [1.82, 2.24) is 4.98 Å². The first-order valence-electron chi connectivity index (χ1n) is 5.87. The fraction of sp³-hybridized carbons (Fsp3) is 0.0714. The van der Waals surface area contributed by atoms with Crippen LogP contribution in [0.3, 0.4) is 0 Å². The molecule has 0 saturated heterocycles. The molecule has 1 aromatic carbocycles. The van der Waals surface area contributed by atoms with Crippen molar-refractivity contribution in [3.05, 3.63) is 58.4 Å². The summed E-state index contributed by atoms with van der Waals surface area (Å²) in [6, 6.07) is 8.22. The van der Waals surface area contributed by atoms with E-state index in [2.05, 4.69) is 16.0 Å². The number of benzene rings is 1. The van der Waals surface area contributed by atoms with Crippen molar-refractivity contribution in [1.29, 1.82) is 5.26 Å². The zero-order chi connectivity index (χ0) is 13.9. The largest absolute Gasteiger partial charge is 0.327 e. The standard InChI is InChI=1S/C14H9FN4S/c15-11-1-3-12(4-2-11)19-8-10(7-16)13(18-9-19)14-17-5-6-20-14/h1-6,8H,9H2. The quantitative estimate of drug-likeness (QED) is 0.852. The third-order valence-electron chi connectivity index (χ3n) is 2.83. The van der Waals surface area contributed by atoms with Crippen LogP contribution in [-0.2, 0) is 0 Å². The Hall–Kier alpha value is -2.52. The summed E-state index contributed by atoms with van der Waals surface area (Å²) in [7, 11) is 0. The van der Waals surface area contributed by atoms with Crippen LogP contribution in [0.4, 0.5) is 10.1 Å². The van der Waals surface area contributed by atoms with Gasteiger partial charge in [0.25, 0.3) is 0 Å². The summed E-state index contributed by atoms with van der Waals surface area (Å²) in [5.74, 6) is -0.290. The van der Waals surface area contributed by atoms with Gasteiger partial charge in [-0.1, -0.05) is 0 Å². The van der Waals surface area contributed by atoms with E-state index in [1.165, 1.54) is 23.5 Å². The number of thiazole rings is 1. The number of halogens is 1. The summed E-state index contributed by atoms with van der Waals surface area (Å²) in [5.41, 5.74) is 1.86. The lowest BCUT2D eigenvalue weighted by molar-refractivity contribution is 0.627. The van der Waals surface area contributed by atoms with E-state index < -0.39 is 0 Å². The Morgan fingerprint density at radius 1 is 1.30 bits per heavy atom. The van der Waals surface area contributed by atoms with E-state index in [1.54, 1.807) is 29.4 Å². The van der Waals surface area contributed by atoms with Crippen LogP contribution in [0.5, 0.6) is 0 Å². The molecule has 4 nitrogen and oxygen atoms in total. The number of anilines is 1. The third kappa shape index (κ3) is 2.31. The van der Waals surface area contributed by atoms with E-state index in [0.717, 1.165) is 10.7 Å². The monoisotopic (exact) mass is 284 g/mol. The lowest BCUT2D eigenvalue weighted by atomic mass is 10.1. The second-order valence-corrected chi connectivity index (χ2v) is 4.98. The molecule has 0 atom stereocenters. The molecule has 1 aliphatic heterocycles.